The number of halogens is 2. The molecule has 1 aliphatic rings. The third kappa shape index (κ3) is 3.34. The lowest BCUT2D eigenvalue weighted by Gasteiger charge is -2.34. The standard InChI is InChI=1S/C16H17ClFN3O4S/c1-10-15(11(2)25-19-10)26(23,24)21-7-5-20(6-8-21)16(22)13-4-3-12(18)9-14(13)17/h3-4,9H,5-8H2,1-2H3. The highest BCUT2D eigenvalue weighted by atomic mass is 35.5. The fourth-order valence-electron chi connectivity index (χ4n) is 2.94. The SMILES string of the molecule is Cc1noc(C)c1S(=O)(=O)N1CCN(C(=O)c2ccc(F)cc2Cl)CC1. The van der Waals surface area contributed by atoms with E-state index in [1.54, 1.807) is 13.8 Å². The summed E-state index contributed by atoms with van der Waals surface area (Å²) in [6.45, 7) is 3.79. The zero-order valence-electron chi connectivity index (χ0n) is 14.2. The number of benzene rings is 1. The average molecular weight is 402 g/mol. The van der Waals surface area contributed by atoms with Gasteiger partial charge >= 0.3 is 0 Å². The molecule has 0 bridgehead atoms. The predicted octanol–water partition coefficient (Wildman–Crippen LogP) is 2.23. The summed E-state index contributed by atoms with van der Waals surface area (Å²) >= 11 is 5.94. The number of rotatable bonds is 3. The number of hydrogen-bond donors (Lipinski definition) is 0. The Bertz CT molecular complexity index is 933. The minimum Gasteiger partial charge on any atom is -0.360 e. The maximum absolute atomic E-state index is 13.1. The van der Waals surface area contributed by atoms with Crippen molar-refractivity contribution in [2.24, 2.45) is 0 Å². The summed E-state index contributed by atoms with van der Waals surface area (Å²) in [6, 6.07) is 3.57. The monoisotopic (exact) mass is 401 g/mol. The predicted molar refractivity (Wildman–Crippen MR) is 92.0 cm³/mol. The zero-order chi connectivity index (χ0) is 19.1. The van der Waals surface area contributed by atoms with Crippen LogP contribution >= 0.6 is 11.6 Å². The van der Waals surface area contributed by atoms with Gasteiger partial charge in [0.05, 0.1) is 10.6 Å². The molecule has 1 fully saturated rings. The van der Waals surface area contributed by atoms with E-state index < -0.39 is 15.8 Å². The molecule has 0 N–H and O–H groups in total. The molecule has 10 heteroatoms. The highest BCUT2D eigenvalue weighted by molar-refractivity contribution is 7.89. The van der Waals surface area contributed by atoms with Crippen LogP contribution in [-0.2, 0) is 10.0 Å². The van der Waals surface area contributed by atoms with Crippen LogP contribution < -0.4 is 0 Å². The molecular formula is C16H17ClFN3O4S. The minimum absolute atomic E-state index is 0.0285. The van der Waals surface area contributed by atoms with Crippen molar-refractivity contribution in [1.29, 1.82) is 0 Å². The summed E-state index contributed by atoms with van der Waals surface area (Å²) in [5.41, 5.74) is 0.495. The molecule has 0 atom stereocenters. The van der Waals surface area contributed by atoms with Gasteiger partial charge in [0.1, 0.15) is 16.4 Å². The number of hydrogen-bond acceptors (Lipinski definition) is 5. The van der Waals surface area contributed by atoms with E-state index in [9.17, 15) is 17.6 Å². The van der Waals surface area contributed by atoms with Gasteiger partial charge in [0, 0.05) is 26.2 Å². The van der Waals surface area contributed by atoms with Crippen LogP contribution in [0.2, 0.25) is 5.02 Å². The van der Waals surface area contributed by atoms with Gasteiger partial charge in [-0.05, 0) is 32.0 Å². The first kappa shape index (κ1) is 18.8. The average Bonchev–Trinajstić information content (AvgIpc) is 2.93. The third-order valence-corrected chi connectivity index (χ3v) is 6.71. The van der Waals surface area contributed by atoms with Gasteiger partial charge in [0.2, 0.25) is 10.0 Å². The summed E-state index contributed by atoms with van der Waals surface area (Å²) in [5.74, 6) is -0.648. The van der Waals surface area contributed by atoms with E-state index in [1.165, 1.54) is 15.3 Å². The Balaban J connectivity index is 1.74. The van der Waals surface area contributed by atoms with Gasteiger partial charge in [-0.15, -0.1) is 0 Å². The van der Waals surface area contributed by atoms with Crippen molar-refractivity contribution >= 4 is 27.5 Å². The van der Waals surface area contributed by atoms with Crippen molar-refractivity contribution in [3.63, 3.8) is 0 Å². The highest BCUT2D eigenvalue weighted by Crippen LogP contribution is 2.25. The summed E-state index contributed by atoms with van der Waals surface area (Å²) in [7, 11) is -3.74. The quantitative estimate of drug-likeness (QED) is 0.787. The molecule has 3 rings (SSSR count). The van der Waals surface area contributed by atoms with Crippen molar-refractivity contribution in [2.75, 3.05) is 26.2 Å². The summed E-state index contributed by atoms with van der Waals surface area (Å²) < 4.78 is 45.0. The Labute approximate surface area is 155 Å². The Morgan fingerprint density at radius 3 is 2.42 bits per heavy atom. The van der Waals surface area contributed by atoms with E-state index in [4.69, 9.17) is 16.1 Å². The first-order valence-electron chi connectivity index (χ1n) is 7.89. The Kier molecular flexibility index (Phi) is 5.05. The van der Waals surface area contributed by atoms with Gasteiger partial charge in [-0.1, -0.05) is 16.8 Å². The van der Waals surface area contributed by atoms with Crippen LogP contribution in [0.25, 0.3) is 0 Å². The van der Waals surface area contributed by atoms with Gasteiger partial charge in [-0.2, -0.15) is 4.31 Å². The van der Waals surface area contributed by atoms with Crippen LogP contribution in [-0.4, -0.2) is 54.9 Å². The van der Waals surface area contributed by atoms with E-state index >= 15 is 0 Å². The summed E-state index contributed by atoms with van der Waals surface area (Å²) in [4.78, 5) is 14.1. The van der Waals surface area contributed by atoms with Gasteiger partial charge in [0.25, 0.3) is 5.91 Å². The van der Waals surface area contributed by atoms with Gasteiger partial charge in [0.15, 0.2) is 5.76 Å². The molecule has 0 saturated carbocycles. The molecule has 1 aromatic carbocycles. The molecular weight excluding hydrogens is 385 g/mol. The molecule has 1 amide bonds. The van der Waals surface area contributed by atoms with Gasteiger partial charge in [-0.25, -0.2) is 12.8 Å². The fraction of sp³-hybridized carbons (Fsp3) is 0.375. The van der Waals surface area contributed by atoms with Crippen molar-refractivity contribution in [3.8, 4) is 0 Å². The van der Waals surface area contributed by atoms with Crippen molar-refractivity contribution in [3.05, 3.63) is 46.1 Å². The maximum Gasteiger partial charge on any atom is 0.255 e. The second-order valence-corrected chi connectivity index (χ2v) is 8.26. The molecule has 1 aromatic heterocycles. The van der Waals surface area contributed by atoms with Crippen LogP contribution in [0.3, 0.4) is 0 Å². The van der Waals surface area contributed by atoms with E-state index in [0.717, 1.165) is 12.1 Å². The largest absolute Gasteiger partial charge is 0.360 e. The molecule has 0 spiro atoms. The number of nitrogens with zero attached hydrogens (tertiary/aromatic N) is 3. The maximum atomic E-state index is 13.1. The Morgan fingerprint density at radius 1 is 1.23 bits per heavy atom. The van der Waals surface area contributed by atoms with E-state index in [0.29, 0.717) is 5.69 Å². The molecule has 2 heterocycles. The van der Waals surface area contributed by atoms with E-state index in [2.05, 4.69) is 5.16 Å². The molecule has 2 aromatic rings. The van der Waals surface area contributed by atoms with Crippen molar-refractivity contribution < 1.29 is 22.1 Å². The molecule has 0 aliphatic carbocycles. The first-order chi connectivity index (χ1) is 12.2. The second kappa shape index (κ2) is 6.98. The summed E-state index contributed by atoms with van der Waals surface area (Å²) in [5, 5.41) is 3.71. The van der Waals surface area contributed by atoms with Gasteiger partial charge in [-0.3, -0.25) is 4.79 Å². The zero-order valence-corrected chi connectivity index (χ0v) is 15.8. The van der Waals surface area contributed by atoms with E-state index in [-0.39, 0.29) is 53.3 Å². The summed E-state index contributed by atoms with van der Waals surface area (Å²) in [6.07, 6.45) is 0. The van der Waals surface area contributed by atoms with Crippen LogP contribution in [0, 0.1) is 19.7 Å². The van der Waals surface area contributed by atoms with Crippen LogP contribution in [0.1, 0.15) is 21.8 Å². The van der Waals surface area contributed by atoms with Crippen LogP contribution in [0.15, 0.2) is 27.6 Å². The Hall–Kier alpha value is -1.97. The molecule has 0 radical (unpaired) electrons. The van der Waals surface area contributed by atoms with E-state index in [1.807, 2.05) is 0 Å². The lowest BCUT2D eigenvalue weighted by atomic mass is 10.2. The molecule has 140 valence electrons. The number of sulfonamides is 1. The van der Waals surface area contributed by atoms with Gasteiger partial charge < -0.3 is 9.42 Å². The number of carbonyl (C=O) groups is 1. The molecule has 0 unspecified atom stereocenters. The van der Waals surface area contributed by atoms with Crippen LogP contribution in [0.5, 0.6) is 0 Å². The lowest BCUT2D eigenvalue weighted by molar-refractivity contribution is 0.0698. The molecule has 1 saturated heterocycles. The molecule has 1 aliphatic heterocycles. The normalized spacial score (nSPS) is 16.1. The number of aryl methyl sites for hydroxylation is 2. The first-order valence-corrected chi connectivity index (χ1v) is 9.71. The van der Waals surface area contributed by atoms with Crippen molar-refractivity contribution in [2.45, 2.75) is 18.7 Å². The molecule has 7 nitrogen and oxygen atoms in total. The third-order valence-electron chi connectivity index (χ3n) is 4.25. The lowest BCUT2D eigenvalue weighted by Crippen LogP contribution is -2.50. The Morgan fingerprint density at radius 2 is 1.88 bits per heavy atom. The van der Waals surface area contributed by atoms with Crippen LogP contribution in [0.4, 0.5) is 4.39 Å². The number of aromatic nitrogens is 1. The second-order valence-electron chi connectivity index (χ2n) is 5.97. The number of piperazine rings is 1. The minimum atomic E-state index is -3.74. The topological polar surface area (TPSA) is 83.7 Å². The van der Waals surface area contributed by atoms with Crippen molar-refractivity contribution in [1.82, 2.24) is 14.4 Å². The highest BCUT2D eigenvalue weighted by Gasteiger charge is 2.34. The molecule has 26 heavy (non-hydrogen) atoms. The fourth-order valence-corrected chi connectivity index (χ4v) is 4.90. The number of amides is 1. The smallest absolute Gasteiger partial charge is 0.255 e. The number of carbonyl (C=O) groups excluding carboxylic acids is 1.